The first-order valence-electron chi connectivity index (χ1n) is 5.06. The van der Waals surface area contributed by atoms with Crippen LogP contribution in [0, 0.1) is 6.92 Å². The van der Waals surface area contributed by atoms with Crippen LogP contribution in [0.4, 0.5) is 0 Å². The summed E-state index contributed by atoms with van der Waals surface area (Å²) in [6.45, 7) is 2.03. The van der Waals surface area contributed by atoms with Crippen LogP contribution in [0.2, 0.25) is 9.49 Å². The summed E-state index contributed by atoms with van der Waals surface area (Å²) in [6.07, 6.45) is 0. The van der Waals surface area contributed by atoms with E-state index in [2.05, 4.69) is 4.98 Å². The van der Waals surface area contributed by atoms with E-state index < -0.39 is 0 Å². The molecule has 0 aliphatic heterocycles. The van der Waals surface area contributed by atoms with Gasteiger partial charge in [0, 0.05) is 5.69 Å². The van der Waals surface area contributed by atoms with E-state index in [1.165, 1.54) is 11.3 Å². The van der Waals surface area contributed by atoms with Crippen molar-refractivity contribution >= 4 is 40.1 Å². The first-order valence-corrected chi connectivity index (χ1v) is 6.63. The minimum absolute atomic E-state index is 0.522. The van der Waals surface area contributed by atoms with Crippen LogP contribution >= 0.6 is 34.5 Å². The van der Waals surface area contributed by atoms with Crippen molar-refractivity contribution in [3.63, 3.8) is 0 Å². The van der Waals surface area contributed by atoms with Gasteiger partial charge in [0.2, 0.25) is 0 Å². The summed E-state index contributed by atoms with van der Waals surface area (Å²) < 4.78 is 2.80. The molecular weight excluding hydrogens is 275 g/mol. The Kier molecular flexibility index (Phi) is 2.62. The van der Waals surface area contributed by atoms with Gasteiger partial charge < -0.3 is 0 Å². The Morgan fingerprint density at radius 3 is 2.71 bits per heavy atom. The predicted molar refractivity (Wildman–Crippen MR) is 73.3 cm³/mol. The molecule has 0 amide bonds. The fourth-order valence-corrected chi connectivity index (χ4v) is 3.11. The van der Waals surface area contributed by atoms with Crippen LogP contribution in [0.25, 0.3) is 16.2 Å². The molecular formula is C12H8Cl2N2S. The minimum Gasteiger partial charge on any atom is -0.295 e. The largest absolute Gasteiger partial charge is 0.295 e. The summed E-state index contributed by atoms with van der Waals surface area (Å²) in [5.74, 6) is 0.847. The quantitative estimate of drug-likeness (QED) is 0.634. The lowest BCUT2D eigenvalue weighted by Crippen LogP contribution is -1.92. The van der Waals surface area contributed by atoms with Crippen molar-refractivity contribution < 1.29 is 0 Å². The summed E-state index contributed by atoms with van der Waals surface area (Å²) in [5.41, 5.74) is 2.02. The maximum absolute atomic E-state index is 6.15. The normalized spacial score (nSPS) is 11.2. The second kappa shape index (κ2) is 4.02. The summed E-state index contributed by atoms with van der Waals surface area (Å²) in [6, 6.07) is 9.80. The summed E-state index contributed by atoms with van der Waals surface area (Å²) >= 11 is 13.6. The lowest BCUT2D eigenvalue weighted by molar-refractivity contribution is 1.09. The SMILES string of the molecule is Cc1cccc2c(Cl)nc(-c3ccc(Cl)s3)n12. The zero-order valence-corrected chi connectivity index (χ0v) is 11.3. The average Bonchev–Trinajstić information content (AvgIpc) is 2.85. The Bertz CT molecular complexity index is 700. The molecule has 0 saturated carbocycles. The number of imidazole rings is 1. The van der Waals surface area contributed by atoms with Gasteiger partial charge in [0.1, 0.15) is 0 Å². The van der Waals surface area contributed by atoms with Crippen LogP contribution < -0.4 is 0 Å². The van der Waals surface area contributed by atoms with Crippen molar-refractivity contribution in [1.29, 1.82) is 0 Å². The zero-order valence-electron chi connectivity index (χ0n) is 8.95. The number of rotatable bonds is 1. The van der Waals surface area contributed by atoms with Crippen molar-refractivity contribution in [2.24, 2.45) is 0 Å². The third-order valence-corrected chi connectivity index (χ3v) is 4.11. The van der Waals surface area contributed by atoms with Gasteiger partial charge in [-0.3, -0.25) is 4.40 Å². The molecule has 3 aromatic heterocycles. The highest BCUT2D eigenvalue weighted by Gasteiger charge is 2.13. The van der Waals surface area contributed by atoms with E-state index in [0.717, 1.165) is 26.2 Å². The van der Waals surface area contributed by atoms with Crippen LogP contribution in [-0.4, -0.2) is 9.38 Å². The second-order valence-electron chi connectivity index (χ2n) is 3.72. The highest BCUT2D eigenvalue weighted by atomic mass is 35.5. The van der Waals surface area contributed by atoms with E-state index in [0.29, 0.717) is 5.15 Å². The Balaban J connectivity index is 2.37. The van der Waals surface area contributed by atoms with Crippen LogP contribution in [0.5, 0.6) is 0 Å². The number of hydrogen-bond donors (Lipinski definition) is 0. The van der Waals surface area contributed by atoms with Gasteiger partial charge in [-0.25, -0.2) is 4.98 Å². The number of nitrogens with zero attached hydrogens (tertiary/aromatic N) is 2. The van der Waals surface area contributed by atoms with Gasteiger partial charge in [-0.05, 0) is 31.2 Å². The van der Waals surface area contributed by atoms with Gasteiger partial charge in [0.15, 0.2) is 11.0 Å². The van der Waals surface area contributed by atoms with E-state index >= 15 is 0 Å². The monoisotopic (exact) mass is 282 g/mol. The van der Waals surface area contributed by atoms with Crippen LogP contribution in [0.3, 0.4) is 0 Å². The Labute approximate surface area is 112 Å². The number of fused-ring (bicyclic) bond motifs is 1. The summed E-state index contributed by atoms with van der Waals surface area (Å²) in [7, 11) is 0. The van der Waals surface area contributed by atoms with Crippen molar-refractivity contribution in [2.75, 3.05) is 0 Å². The predicted octanol–water partition coefficient (Wildman–Crippen LogP) is 4.68. The zero-order chi connectivity index (χ0) is 12.0. The van der Waals surface area contributed by atoms with Gasteiger partial charge in [0.25, 0.3) is 0 Å². The lowest BCUT2D eigenvalue weighted by Gasteiger charge is -2.02. The maximum atomic E-state index is 6.15. The number of thiophene rings is 1. The molecule has 0 aliphatic carbocycles. The fourth-order valence-electron chi connectivity index (χ4n) is 1.86. The minimum atomic E-state index is 0.522. The highest BCUT2D eigenvalue weighted by Crippen LogP contribution is 2.33. The van der Waals surface area contributed by atoms with Gasteiger partial charge in [0.05, 0.1) is 14.7 Å². The third-order valence-electron chi connectivity index (χ3n) is 2.61. The molecule has 3 aromatic rings. The van der Waals surface area contributed by atoms with Crippen LogP contribution in [0.15, 0.2) is 30.3 Å². The van der Waals surface area contributed by atoms with Gasteiger partial charge in [-0.2, -0.15) is 0 Å². The van der Waals surface area contributed by atoms with Crippen molar-refractivity contribution in [2.45, 2.75) is 6.92 Å². The van der Waals surface area contributed by atoms with Gasteiger partial charge in [-0.1, -0.05) is 29.3 Å². The van der Waals surface area contributed by atoms with Crippen LogP contribution in [0.1, 0.15) is 5.69 Å². The second-order valence-corrected chi connectivity index (χ2v) is 5.79. The lowest BCUT2D eigenvalue weighted by atomic mass is 10.3. The Morgan fingerprint density at radius 2 is 2.00 bits per heavy atom. The Hall–Kier alpha value is -1.03. The summed E-state index contributed by atoms with van der Waals surface area (Å²) in [4.78, 5) is 5.43. The van der Waals surface area contributed by atoms with E-state index in [1.54, 1.807) is 0 Å². The average molecular weight is 283 g/mol. The molecule has 0 atom stereocenters. The van der Waals surface area contributed by atoms with Gasteiger partial charge >= 0.3 is 0 Å². The maximum Gasteiger partial charge on any atom is 0.156 e. The molecule has 0 fully saturated rings. The topological polar surface area (TPSA) is 17.3 Å². The molecule has 0 N–H and O–H groups in total. The number of aryl methyl sites for hydroxylation is 1. The molecule has 0 aliphatic rings. The van der Waals surface area contributed by atoms with E-state index in [1.807, 2.05) is 41.7 Å². The van der Waals surface area contributed by atoms with Crippen molar-refractivity contribution in [3.8, 4) is 10.7 Å². The molecule has 0 radical (unpaired) electrons. The first kappa shape index (κ1) is 11.1. The molecule has 3 heterocycles. The Morgan fingerprint density at radius 1 is 1.18 bits per heavy atom. The third kappa shape index (κ3) is 1.75. The molecule has 3 rings (SSSR count). The van der Waals surface area contributed by atoms with Crippen molar-refractivity contribution in [1.82, 2.24) is 9.38 Å². The number of aromatic nitrogens is 2. The fraction of sp³-hybridized carbons (Fsp3) is 0.0833. The number of hydrogen-bond acceptors (Lipinski definition) is 2. The van der Waals surface area contributed by atoms with Gasteiger partial charge in [-0.15, -0.1) is 11.3 Å². The van der Waals surface area contributed by atoms with E-state index in [4.69, 9.17) is 23.2 Å². The molecule has 0 unspecified atom stereocenters. The molecule has 17 heavy (non-hydrogen) atoms. The number of pyridine rings is 1. The van der Waals surface area contributed by atoms with Crippen molar-refractivity contribution in [3.05, 3.63) is 45.5 Å². The van der Waals surface area contributed by atoms with E-state index in [9.17, 15) is 0 Å². The smallest absolute Gasteiger partial charge is 0.156 e. The first-order chi connectivity index (χ1) is 8.16. The molecule has 5 heteroatoms. The van der Waals surface area contributed by atoms with E-state index in [-0.39, 0.29) is 0 Å². The molecule has 2 nitrogen and oxygen atoms in total. The standard InChI is InChI=1S/C12H8Cl2N2S/c1-7-3-2-4-8-11(14)15-12(16(7)8)9-5-6-10(13)17-9/h2-6H,1H3. The molecule has 0 saturated heterocycles. The number of halogens is 2. The molecule has 86 valence electrons. The molecule has 0 bridgehead atoms. The molecule has 0 aromatic carbocycles. The summed E-state index contributed by atoms with van der Waals surface area (Å²) in [5, 5.41) is 0.522. The highest BCUT2D eigenvalue weighted by molar-refractivity contribution is 7.19. The molecule has 0 spiro atoms. The van der Waals surface area contributed by atoms with Crippen LogP contribution in [-0.2, 0) is 0 Å².